The van der Waals surface area contributed by atoms with Gasteiger partial charge in [-0.1, -0.05) is 0 Å². The molecule has 0 aliphatic heterocycles. The predicted molar refractivity (Wildman–Crippen MR) is 219 cm³/mol. The molecule has 0 bridgehead atoms. The van der Waals surface area contributed by atoms with Gasteiger partial charge in [0.15, 0.2) is 0 Å². The molecule has 6 rings (SSSR count). The van der Waals surface area contributed by atoms with Gasteiger partial charge in [0.05, 0.1) is 0 Å². The second-order valence-electron chi connectivity index (χ2n) is 17.4. The molecule has 0 N–H and O–H groups in total. The van der Waals surface area contributed by atoms with Gasteiger partial charge in [0.25, 0.3) is 0 Å². The third-order valence-corrected chi connectivity index (χ3v) is 30.4. The molecule has 1 atom stereocenters. The van der Waals surface area contributed by atoms with Crippen LogP contribution in [0.3, 0.4) is 0 Å². The van der Waals surface area contributed by atoms with Crippen LogP contribution in [0.4, 0.5) is 0 Å². The zero-order valence-corrected chi connectivity index (χ0v) is 36.1. The summed E-state index contributed by atoms with van der Waals surface area (Å²) in [5, 5.41) is 1.62. The zero-order valence-electron chi connectivity index (χ0n) is 31.0. The summed E-state index contributed by atoms with van der Waals surface area (Å²) in [7, 11) is -1.62. The number of hydrogen-bond donors (Lipinski definition) is 0. The molecular weight excluding hydrogens is 719 g/mol. The topological polar surface area (TPSA) is 0 Å². The van der Waals surface area contributed by atoms with Gasteiger partial charge in [0, 0.05) is 0 Å². The molecule has 4 heteroatoms. The minimum atomic E-state index is -4.95. The van der Waals surface area contributed by atoms with Gasteiger partial charge < -0.3 is 0 Å². The Balaban J connectivity index is 0.00000260. The molecule has 0 nitrogen and oxygen atoms in total. The first kappa shape index (κ1) is 38.7. The molecule has 0 spiro atoms. The fourth-order valence-corrected chi connectivity index (χ4v) is 28.7. The molecule has 0 saturated heterocycles. The summed E-state index contributed by atoms with van der Waals surface area (Å²) in [5.74, 6) is 0.328. The Kier molecular flexibility index (Phi) is 10.4. The van der Waals surface area contributed by atoms with Gasteiger partial charge in [-0.3, -0.25) is 0 Å². The van der Waals surface area contributed by atoms with Gasteiger partial charge in [-0.25, -0.2) is 0 Å². The molecule has 0 amide bonds. The number of benzene rings is 4. The summed E-state index contributed by atoms with van der Waals surface area (Å²) in [4.78, 5) is 0. The van der Waals surface area contributed by atoms with Crippen molar-refractivity contribution in [1.82, 2.24) is 0 Å². The Bertz CT molecular complexity index is 1910. The van der Waals surface area contributed by atoms with Crippen LogP contribution in [0.25, 0.3) is 11.1 Å². The Labute approximate surface area is 305 Å². The van der Waals surface area contributed by atoms with Crippen LogP contribution in [0.1, 0.15) is 77.6 Å². The van der Waals surface area contributed by atoms with Crippen molar-refractivity contribution in [2.24, 2.45) is 5.92 Å². The van der Waals surface area contributed by atoms with Crippen molar-refractivity contribution in [3.05, 3.63) is 133 Å². The Morgan fingerprint density at radius 1 is 0.667 bits per heavy atom. The monoisotopic (exact) mass is 772 g/mol. The Hall–Kier alpha value is -2.09. The second-order valence-corrected chi connectivity index (χ2v) is 35.1. The molecule has 0 radical (unpaired) electrons. The van der Waals surface area contributed by atoms with Crippen molar-refractivity contribution < 1.29 is 18.3 Å². The summed E-state index contributed by atoms with van der Waals surface area (Å²) in [5.41, 5.74) is 10.2. The van der Waals surface area contributed by atoms with E-state index in [0.717, 1.165) is 6.42 Å². The van der Waals surface area contributed by atoms with Crippen LogP contribution in [0.2, 0.25) is 19.6 Å². The van der Waals surface area contributed by atoms with E-state index >= 15 is 0 Å². The van der Waals surface area contributed by atoms with E-state index in [1.807, 2.05) is 0 Å². The summed E-state index contributed by atoms with van der Waals surface area (Å²) < 4.78 is 11.9. The first-order valence-electron chi connectivity index (χ1n) is 17.3. The normalized spacial score (nSPS) is 16.5. The van der Waals surface area contributed by atoms with E-state index < -0.39 is 26.4 Å². The van der Waals surface area contributed by atoms with Crippen LogP contribution in [-0.2, 0) is 35.5 Å². The van der Waals surface area contributed by atoms with E-state index in [9.17, 15) is 0 Å². The molecular formula is C44H56Cl2SiZr. The molecule has 0 heterocycles. The number of hydrogen-bond acceptors (Lipinski definition) is 0. The molecule has 2 aliphatic carbocycles. The molecule has 0 fully saturated rings. The first-order chi connectivity index (χ1) is 21.4. The van der Waals surface area contributed by atoms with Crippen molar-refractivity contribution in [3.8, 4) is 11.1 Å². The van der Waals surface area contributed by atoms with Crippen LogP contribution in [-0.4, -0.2) is 12.3 Å². The molecule has 0 saturated carbocycles. The Morgan fingerprint density at radius 2 is 1.15 bits per heavy atom. The average Bonchev–Trinajstić information content (AvgIpc) is 3.53. The average molecular weight is 775 g/mol. The second kappa shape index (κ2) is 12.9. The number of allylic oxidation sites excluding steroid dienone is 4. The number of halogens is 2. The van der Waals surface area contributed by atoms with E-state index in [1.54, 1.807) is 8.48 Å². The molecule has 48 heavy (non-hydrogen) atoms. The SMILES string of the molecule is Cl.Cl.[CH2]=[Zr]([C]1=C(C)C([Si](C)(C)C)=CC1C)([c]1ccc(C(C)(C)C)cc1)([c]1ccc(C(C)(C)C)cc1)[c]1cccc2c1Cc1ccccc1-2. The Morgan fingerprint density at radius 3 is 1.60 bits per heavy atom. The summed E-state index contributed by atoms with van der Waals surface area (Å²) in [6, 6.07) is 35.9. The van der Waals surface area contributed by atoms with Crippen molar-refractivity contribution in [2.45, 2.75) is 92.3 Å². The molecule has 4 aromatic carbocycles. The third kappa shape index (κ3) is 5.92. The molecule has 2 aliphatic rings. The standard InChI is InChI=1S/C13H9.C10H17Si.2C10H13.CH2.2ClH.Zr/c1-3-7-12-10(5-1)9-11-6-2-4-8-13(11)12;1-8-6-9(2)10(7-8)11(3,4)5;2*1-10(2,3)9-7-5-4-6-8-9;;;;/h1-5,7-8H,9H2;7-8H,1-5H3;2*5-8H,1-3H3;1H2;2*1H;. The molecule has 254 valence electrons. The van der Waals surface area contributed by atoms with Crippen LogP contribution >= 0.6 is 24.8 Å². The minimum absolute atomic E-state index is 0. The van der Waals surface area contributed by atoms with Crippen LogP contribution < -0.4 is 9.81 Å². The summed E-state index contributed by atoms with van der Waals surface area (Å²) in [6.07, 6.45) is 3.61. The van der Waals surface area contributed by atoms with E-state index in [1.165, 1.54) is 48.8 Å². The van der Waals surface area contributed by atoms with Crippen LogP contribution in [0.15, 0.2) is 111 Å². The van der Waals surface area contributed by atoms with Crippen molar-refractivity contribution in [1.29, 1.82) is 0 Å². The van der Waals surface area contributed by atoms with Crippen molar-refractivity contribution in [2.75, 3.05) is 0 Å². The zero-order chi connectivity index (χ0) is 33.5. The van der Waals surface area contributed by atoms with E-state index in [0.29, 0.717) is 5.92 Å². The van der Waals surface area contributed by atoms with E-state index in [-0.39, 0.29) is 35.6 Å². The summed E-state index contributed by atoms with van der Waals surface area (Å²) >= 11 is -4.95. The van der Waals surface area contributed by atoms with Gasteiger partial charge in [0.2, 0.25) is 0 Å². The van der Waals surface area contributed by atoms with Crippen molar-refractivity contribution >= 4 is 46.9 Å². The number of fused-ring (bicyclic) bond motifs is 3. The number of rotatable bonds is 5. The van der Waals surface area contributed by atoms with Gasteiger partial charge >= 0.3 is 283 Å². The molecule has 4 aromatic rings. The molecule has 0 aromatic heterocycles. The van der Waals surface area contributed by atoms with Gasteiger partial charge in [-0.05, 0) is 0 Å². The quantitative estimate of drug-likeness (QED) is 0.156. The van der Waals surface area contributed by atoms with E-state index in [4.69, 9.17) is 4.21 Å². The maximum absolute atomic E-state index is 5.87. The van der Waals surface area contributed by atoms with Gasteiger partial charge in [-0.15, -0.1) is 24.8 Å². The summed E-state index contributed by atoms with van der Waals surface area (Å²) in [6.45, 7) is 26.4. The van der Waals surface area contributed by atoms with Crippen molar-refractivity contribution in [3.63, 3.8) is 0 Å². The fourth-order valence-electron chi connectivity index (χ4n) is 8.96. The van der Waals surface area contributed by atoms with Gasteiger partial charge in [0.1, 0.15) is 0 Å². The third-order valence-electron chi connectivity index (χ3n) is 11.3. The molecule has 1 unspecified atom stereocenters. The maximum atomic E-state index is 5.87. The van der Waals surface area contributed by atoms with Gasteiger partial charge in [-0.2, -0.15) is 0 Å². The fraction of sp³-hybridized carbons (Fsp3) is 0.341. The van der Waals surface area contributed by atoms with Crippen LogP contribution in [0, 0.1) is 5.92 Å². The predicted octanol–water partition coefficient (Wildman–Crippen LogP) is 10.8. The van der Waals surface area contributed by atoms with E-state index in [2.05, 4.69) is 172 Å². The van der Waals surface area contributed by atoms with Crippen LogP contribution in [0.5, 0.6) is 0 Å². The first-order valence-corrected chi connectivity index (χ1v) is 27.4.